The summed E-state index contributed by atoms with van der Waals surface area (Å²) in [5.41, 5.74) is 1.17. The number of rotatable bonds is 8. The number of carbonyl (C=O) groups excluding carboxylic acids is 2. The molecular weight excluding hydrogens is 615 g/mol. The van der Waals surface area contributed by atoms with Crippen LogP contribution in [0, 0.1) is 17.8 Å². The standard InChI is InChI=1S/C35H46F3N3O6/c1-6-41(16-19-11-9-7-8-10-12-19)17-21-15-24(42)27-22(28(21)35(36,37)38)13-20-14-23-29(40(3)4)31(44)25(33(39)46)18(2)34(23,47-5)32(45)26(20)30(27)43/h15,19-20,23,29,42-44H,2,6-14,16-17H2,1,3-5H3,(H2,39,46)/t20-,23-,29-,34-/m0/s1. The van der Waals surface area contributed by atoms with Crippen LogP contribution in [0.25, 0.3) is 5.76 Å². The summed E-state index contributed by atoms with van der Waals surface area (Å²) in [5, 5.41) is 34.1. The Morgan fingerprint density at radius 2 is 1.79 bits per heavy atom. The topological polar surface area (TPSA) is 137 Å². The van der Waals surface area contributed by atoms with Crippen molar-refractivity contribution in [3.8, 4) is 5.75 Å². The first-order valence-corrected chi connectivity index (χ1v) is 16.4. The van der Waals surface area contributed by atoms with Gasteiger partial charge in [0.1, 0.15) is 17.3 Å². The van der Waals surface area contributed by atoms with Crippen LogP contribution in [0.1, 0.15) is 74.1 Å². The molecule has 5 rings (SSSR count). The average molecular weight is 662 g/mol. The first kappa shape index (κ1) is 35.0. The number of halogens is 3. The van der Waals surface area contributed by atoms with Crippen molar-refractivity contribution < 1.29 is 42.8 Å². The van der Waals surface area contributed by atoms with Crippen LogP contribution in [-0.2, 0) is 33.5 Å². The number of likely N-dealkylation sites (N-methyl/N-ethyl adjacent to an activating group) is 1. The number of phenolic OH excluding ortho intramolecular Hbond substituents is 1. The number of benzene rings is 1. The van der Waals surface area contributed by atoms with Crippen molar-refractivity contribution in [1.29, 1.82) is 0 Å². The van der Waals surface area contributed by atoms with Crippen LogP contribution < -0.4 is 5.73 Å². The number of phenols is 1. The predicted molar refractivity (Wildman–Crippen MR) is 170 cm³/mol. The van der Waals surface area contributed by atoms with Crippen LogP contribution in [0.2, 0.25) is 0 Å². The lowest BCUT2D eigenvalue weighted by Crippen LogP contribution is -2.64. The highest BCUT2D eigenvalue weighted by atomic mass is 19.4. The fourth-order valence-electron chi connectivity index (χ4n) is 8.84. The molecule has 5 N–H and O–H groups in total. The Bertz CT molecular complexity index is 1520. The van der Waals surface area contributed by atoms with Gasteiger partial charge in [-0.15, -0.1) is 0 Å². The second-order valence-corrected chi connectivity index (χ2v) is 13.8. The molecule has 4 aliphatic rings. The smallest absolute Gasteiger partial charge is 0.417 e. The van der Waals surface area contributed by atoms with E-state index in [4.69, 9.17) is 10.5 Å². The van der Waals surface area contributed by atoms with Gasteiger partial charge < -0.3 is 25.8 Å². The maximum atomic E-state index is 15.0. The Hall–Kier alpha value is -3.35. The van der Waals surface area contributed by atoms with Crippen molar-refractivity contribution in [3.05, 3.63) is 57.4 Å². The molecule has 1 aromatic rings. The minimum Gasteiger partial charge on any atom is -0.510 e. The quantitative estimate of drug-likeness (QED) is 0.272. The Labute approximate surface area is 273 Å². The summed E-state index contributed by atoms with van der Waals surface area (Å²) in [5.74, 6) is -4.97. The fraction of sp³-hybridized carbons (Fsp3) is 0.600. The molecule has 0 radical (unpaired) electrons. The second-order valence-electron chi connectivity index (χ2n) is 13.8. The van der Waals surface area contributed by atoms with E-state index in [0.717, 1.165) is 31.7 Å². The van der Waals surface area contributed by atoms with Crippen molar-refractivity contribution >= 4 is 17.4 Å². The number of carbonyl (C=O) groups is 2. The maximum Gasteiger partial charge on any atom is 0.417 e. The molecule has 0 aromatic heterocycles. The molecule has 0 heterocycles. The van der Waals surface area contributed by atoms with Crippen molar-refractivity contribution in [2.45, 2.75) is 82.7 Å². The molecular formula is C35H46F3N3O6. The van der Waals surface area contributed by atoms with Gasteiger partial charge in [-0.25, -0.2) is 0 Å². The van der Waals surface area contributed by atoms with E-state index in [1.54, 1.807) is 19.0 Å². The number of alkyl halides is 3. The van der Waals surface area contributed by atoms with Gasteiger partial charge in [0.05, 0.1) is 22.7 Å². The molecule has 47 heavy (non-hydrogen) atoms. The number of aromatic hydroxyl groups is 1. The van der Waals surface area contributed by atoms with Crippen LogP contribution in [0.5, 0.6) is 5.75 Å². The van der Waals surface area contributed by atoms with E-state index < -0.39 is 69.7 Å². The first-order chi connectivity index (χ1) is 22.1. The number of ether oxygens (including phenoxy) is 1. The molecule has 1 amide bonds. The number of hydrogen-bond donors (Lipinski definition) is 4. The van der Waals surface area contributed by atoms with Crippen molar-refractivity contribution in [3.63, 3.8) is 0 Å². The number of hydrogen-bond acceptors (Lipinski definition) is 8. The molecule has 2 saturated carbocycles. The zero-order chi connectivity index (χ0) is 34.6. The monoisotopic (exact) mass is 661 g/mol. The van der Waals surface area contributed by atoms with Crippen LogP contribution in [0.4, 0.5) is 13.2 Å². The highest BCUT2D eigenvalue weighted by molar-refractivity contribution is 6.14. The van der Waals surface area contributed by atoms with E-state index in [2.05, 4.69) is 6.58 Å². The van der Waals surface area contributed by atoms with Gasteiger partial charge in [0.2, 0.25) is 0 Å². The number of nitrogens with two attached hydrogens (primary N) is 1. The molecule has 0 aliphatic heterocycles. The summed E-state index contributed by atoms with van der Waals surface area (Å²) in [7, 11) is 4.48. The Kier molecular flexibility index (Phi) is 9.62. The van der Waals surface area contributed by atoms with Gasteiger partial charge in [0, 0.05) is 37.3 Å². The summed E-state index contributed by atoms with van der Waals surface area (Å²) in [6.07, 6.45) is 1.51. The van der Waals surface area contributed by atoms with E-state index in [1.165, 1.54) is 20.0 Å². The van der Waals surface area contributed by atoms with Crippen LogP contribution in [0.3, 0.4) is 0 Å². The molecule has 0 spiro atoms. The maximum absolute atomic E-state index is 15.0. The number of ketones is 1. The minimum absolute atomic E-state index is 0.00142. The third kappa shape index (κ3) is 5.76. The van der Waals surface area contributed by atoms with E-state index >= 15 is 13.2 Å². The number of methoxy groups -OCH3 is 1. The number of aliphatic hydroxyl groups excluding tert-OH is 2. The zero-order valence-corrected chi connectivity index (χ0v) is 27.5. The number of aliphatic hydroxyl groups is 2. The highest BCUT2D eigenvalue weighted by Crippen LogP contribution is 2.57. The van der Waals surface area contributed by atoms with E-state index in [0.29, 0.717) is 19.0 Å². The number of amides is 1. The zero-order valence-electron chi connectivity index (χ0n) is 27.5. The summed E-state index contributed by atoms with van der Waals surface area (Å²) in [6, 6.07) is 0.0884. The van der Waals surface area contributed by atoms with E-state index in [1.807, 2.05) is 11.8 Å². The van der Waals surface area contributed by atoms with Gasteiger partial charge >= 0.3 is 6.18 Å². The van der Waals surface area contributed by atoms with Crippen LogP contribution >= 0.6 is 0 Å². The van der Waals surface area contributed by atoms with Gasteiger partial charge in [0.15, 0.2) is 11.4 Å². The van der Waals surface area contributed by atoms with Crippen LogP contribution in [0.15, 0.2) is 35.1 Å². The Morgan fingerprint density at radius 1 is 1.15 bits per heavy atom. The molecule has 0 saturated heterocycles. The predicted octanol–water partition coefficient (Wildman–Crippen LogP) is 5.42. The molecule has 9 nitrogen and oxygen atoms in total. The van der Waals surface area contributed by atoms with Gasteiger partial charge in [-0.1, -0.05) is 39.2 Å². The van der Waals surface area contributed by atoms with Crippen molar-refractivity contribution in [2.24, 2.45) is 23.5 Å². The SMILES string of the molecule is C=C1C(C(N)=O)=C(O)[C@@H](N(C)C)[C@@H]2C[C@@H]3Cc4c(c(O)cc(CN(CC)CC5CCCCCC5)c4C(F)(F)F)C(O)=C3C(=O)[C@]12OC. The van der Waals surface area contributed by atoms with Crippen LogP contribution in [-0.4, -0.2) is 82.7 Å². The third-order valence-electron chi connectivity index (χ3n) is 10.9. The second kappa shape index (κ2) is 12.9. The molecule has 2 fully saturated rings. The summed E-state index contributed by atoms with van der Waals surface area (Å²) < 4.78 is 51.0. The summed E-state index contributed by atoms with van der Waals surface area (Å²) in [4.78, 5) is 30.5. The average Bonchev–Trinajstić information content (AvgIpc) is 3.24. The first-order valence-electron chi connectivity index (χ1n) is 16.4. The van der Waals surface area contributed by atoms with Gasteiger partial charge in [-0.2, -0.15) is 13.2 Å². The molecule has 4 atom stereocenters. The lowest BCUT2D eigenvalue weighted by molar-refractivity contribution is -0.148. The molecule has 12 heteroatoms. The highest BCUT2D eigenvalue weighted by Gasteiger charge is 2.63. The summed E-state index contributed by atoms with van der Waals surface area (Å²) in [6.45, 7) is 6.97. The number of primary amides is 1. The minimum atomic E-state index is -4.82. The lowest BCUT2D eigenvalue weighted by atomic mass is 9.56. The summed E-state index contributed by atoms with van der Waals surface area (Å²) >= 11 is 0. The van der Waals surface area contributed by atoms with Gasteiger partial charge in [0.25, 0.3) is 5.91 Å². The van der Waals surface area contributed by atoms with Gasteiger partial charge in [-0.3, -0.25) is 19.4 Å². The molecule has 0 bridgehead atoms. The lowest BCUT2D eigenvalue weighted by Gasteiger charge is -2.53. The number of Topliss-reactive ketones (excluding diaryl/α,β-unsaturated/α-hetero) is 1. The molecule has 0 unspecified atom stereocenters. The van der Waals surface area contributed by atoms with Crippen molar-refractivity contribution in [1.82, 2.24) is 9.80 Å². The molecule has 1 aromatic carbocycles. The van der Waals surface area contributed by atoms with Gasteiger partial charge in [-0.05, 0) is 75.4 Å². The largest absolute Gasteiger partial charge is 0.510 e. The fourth-order valence-corrected chi connectivity index (χ4v) is 8.84. The number of fused-ring (bicyclic) bond motifs is 3. The normalized spacial score (nSPS) is 27.2. The molecule has 258 valence electrons. The number of nitrogens with zero attached hydrogens (tertiary/aromatic N) is 2. The third-order valence-corrected chi connectivity index (χ3v) is 10.9. The van der Waals surface area contributed by atoms with E-state index in [-0.39, 0.29) is 47.2 Å². The van der Waals surface area contributed by atoms with E-state index in [9.17, 15) is 24.9 Å². The Morgan fingerprint density at radius 3 is 2.32 bits per heavy atom. The molecule has 4 aliphatic carbocycles. The van der Waals surface area contributed by atoms with Crippen molar-refractivity contribution in [2.75, 3.05) is 34.3 Å². The Balaban J connectivity index is 1.64.